The van der Waals surface area contributed by atoms with Crippen LogP contribution in [0.5, 0.6) is 0 Å². The lowest BCUT2D eigenvalue weighted by Crippen LogP contribution is -2.56. The Labute approximate surface area is 110 Å². The number of hydrogen-bond acceptors (Lipinski definition) is 6. The van der Waals surface area contributed by atoms with Crippen molar-refractivity contribution in [3.8, 4) is 0 Å². The fraction of sp³-hybridized carbons (Fsp3) is 0.909. The van der Waals surface area contributed by atoms with Gasteiger partial charge in [-0.3, -0.25) is 4.79 Å². The minimum absolute atomic E-state index is 0.107. The second-order valence-electron chi connectivity index (χ2n) is 4.63. The lowest BCUT2D eigenvalue weighted by Gasteiger charge is -2.40. The van der Waals surface area contributed by atoms with Crippen LogP contribution < -0.4 is 0 Å². The lowest BCUT2D eigenvalue weighted by molar-refractivity contribution is -0.200. The first-order chi connectivity index (χ1) is 8.32. The third kappa shape index (κ3) is 4.10. The summed E-state index contributed by atoms with van der Waals surface area (Å²) in [7, 11) is 0. The number of carboxylic acid groups (broad SMARTS) is 1. The number of aliphatic hydroxyl groups excluding tert-OH is 3. The molecule has 1 aliphatic heterocycles. The van der Waals surface area contributed by atoms with E-state index in [1.807, 2.05) is 13.8 Å². The summed E-state index contributed by atoms with van der Waals surface area (Å²) in [5, 5.41) is 38.0. The predicted octanol–water partition coefficient (Wildman–Crippen LogP) is -0.200. The van der Waals surface area contributed by atoms with Gasteiger partial charge in [0.25, 0.3) is 0 Å². The quantitative estimate of drug-likeness (QED) is 0.552. The molecule has 0 bridgehead atoms. The van der Waals surface area contributed by atoms with Gasteiger partial charge in [0.2, 0.25) is 0 Å². The molecule has 0 radical (unpaired) electrons. The molecule has 1 aliphatic rings. The van der Waals surface area contributed by atoms with Crippen molar-refractivity contribution < 1.29 is 30.0 Å². The van der Waals surface area contributed by atoms with Gasteiger partial charge in [-0.15, -0.1) is 11.8 Å². The van der Waals surface area contributed by atoms with E-state index in [1.165, 1.54) is 11.8 Å². The second-order valence-corrected chi connectivity index (χ2v) is 6.31. The molecule has 5 atom stereocenters. The first-order valence-corrected chi connectivity index (χ1v) is 6.84. The van der Waals surface area contributed by atoms with Gasteiger partial charge in [0.1, 0.15) is 23.7 Å². The topological polar surface area (TPSA) is 107 Å². The molecule has 0 spiro atoms. The molecule has 0 amide bonds. The Morgan fingerprint density at radius 3 is 2.33 bits per heavy atom. The number of aliphatic hydroxyl groups is 3. The SMILES string of the molecule is CC(C)SC1O[C@H](CCC(=O)O)[C@@H](O)[C@H](O)[C@@H]1O. The standard InChI is InChI=1S/C11H20O6S/c1-5(2)18-11-10(16)9(15)8(14)6(17-11)3-4-7(12)13/h5-6,8-11,14-16H,3-4H2,1-2H3,(H,12,13)/t6-,8-,9+,10+,11?/m1/s1. The van der Waals surface area contributed by atoms with Gasteiger partial charge >= 0.3 is 5.97 Å². The number of carbonyl (C=O) groups is 1. The molecule has 6 nitrogen and oxygen atoms in total. The van der Waals surface area contributed by atoms with Gasteiger partial charge in [0, 0.05) is 11.7 Å². The third-order valence-corrected chi connectivity index (χ3v) is 3.92. The summed E-state index contributed by atoms with van der Waals surface area (Å²) in [4.78, 5) is 10.5. The summed E-state index contributed by atoms with van der Waals surface area (Å²) in [5.41, 5.74) is -0.651. The molecule has 1 unspecified atom stereocenters. The molecule has 0 aliphatic carbocycles. The molecular weight excluding hydrogens is 260 g/mol. The molecule has 0 saturated carbocycles. The Morgan fingerprint density at radius 2 is 1.83 bits per heavy atom. The van der Waals surface area contributed by atoms with Crippen LogP contribution >= 0.6 is 11.8 Å². The molecule has 7 heteroatoms. The summed E-state index contributed by atoms with van der Waals surface area (Å²) < 4.78 is 5.48. The monoisotopic (exact) mass is 280 g/mol. The number of aliphatic carboxylic acids is 1. The van der Waals surface area contributed by atoms with E-state index in [9.17, 15) is 20.1 Å². The smallest absolute Gasteiger partial charge is 0.303 e. The van der Waals surface area contributed by atoms with Crippen LogP contribution in [0.15, 0.2) is 0 Å². The minimum atomic E-state index is -1.31. The number of carboxylic acids is 1. The Morgan fingerprint density at radius 1 is 1.22 bits per heavy atom. The van der Waals surface area contributed by atoms with Gasteiger partial charge in [-0.25, -0.2) is 0 Å². The van der Waals surface area contributed by atoms with Crippen LogP contribution in [0, 0.1) is 0 Å². The van der Waals surface area contributed by atoms with E-state index >= 15 is 0 Å². The Hall–Kier alpha value is -0.340. The molecule has 18 heavy (non-hydrogen) atoms. The highest BCUT2D eigenvalue weighted by atomic mass is 32.2. The van der Waals surface area contributed by atoms with Gasteiger partial charge in [-0.2, -0.15) is 0 Å². The Bertz CT molecular complexity index is 285. The van der Waals surface area contributed by atoms with E-state index in [2.05, 4.69) is 0 Å². The number of thioether (sulfide) groups is 1. The maximum Gasteiger partial charge on any atom is 0.303 e. The van der Waals surface area contributed by atoms with Crippen molar-refractivity contribution in [3.63, 3.8) is 0 Å². The zero-order valence-electron chi connectivity index (χ0n) is 10.4. The van der Waals surface area contributed by atoms with Crippen molar-refractivity contribution in [3.05, 3.63) is 0 Å². The lowest BCUT2D eigenvalue weighted by atomic mass is 9.97. The molecule has 1 rings (SSSR count). The molecule has 0 aromatic heterocycles. The van der Waals surface area contributed by atoms with Gasteiger partial charge in [-0.1, -0.05) is 13.8 Å². The summed E-state index contributed by atoms with van der Waals surface area (Å²) in [6, 6.07) is 0. The van der Waals surface area contributed by atoms with Crippen LogP contribution in [-0.2, 0) is 9.53 Å². The van der Waals surface area contributed by atoms with Crippen LogP contribution in [-0.4, -0.2) is 61.5 Å². The average molecular weight is 280 g/mol. The van der Waals surface area contributed by atoms with Crippen LogP contribution in [0.1, 0.15) is 26.7 Å². The van der Waals surface area contributed by atoms with Crippen molar-refractivity contribution in [2.45, 2.75) is 61.8 Å². The fourth-order valence-corrected chi connectivity index (χ4v) is 2.87. The molecule has 0 aromatic rings. The van der Waals surface area contributed by atoms with Crippen LogP contribution in [0.2, 0.25) is 0 Å². The molecule has 0 aromatic carbocycles. The predicted molar refractivity (Wildman–Crippen MR) is 66.3 cm³/mol. The van der Waals surface area contributed by atoms with Gasteiger partial charge in [0.05, 0.1) is 6.10 Å². The van der Waals surface area contributed by atoms with Gasteiger partial charge in [0.15, 0.2) is 0 Å². The summed E-state index contributed by atoms with van der Waals surface area (Å²) in [5.74, 6) is -0.987. The summed E-state index contributed by atoms with van der Waals surface area (Å²) in [6.45, 7) is 3.84. The van der Waals surface area contributed by atoms with Crippen LogP contribution in [0.25, 0.3) is 0 Å². The highest BCUT2D eigenvalue weighted by Gasteiger charge is 2.43. The average Bonchev–Trinajstić information content (AvgIpc) is 2.27. The Kier molecular flexibility index (Phi) is 5.87. The van der Waals surface area contributed by atoms with Gasteiger partial charge in [-0.05, 0) is 6.42 Å². The molecule has 1 heterocycles. The normalized spacial score (nSPS) is 36.9. The minimum Gasteiger partial charge on any atom is -0.481 e. The molecular formula is C11H20O6S. The first kappa shape index (κ1) is 15.7. The second kappa shape index (κ2) is 6.72. The maximum absolute atomic E-state index is 10.5. The Balaban J connectivity index is 2.64. The number of rotatable bonds is 5. The van der Waals surface area contributed by atoms with Crippen molar-refractivity contribution in [1.82, 2.24) is 0 Å². The maximum atomic E-state index is 10.5. The molecule has 1 fully saturated rings. The van der Waals surface area contributed by atoms with Crippen molar-refractivity contribution in [1.29, 1.82) is 0 Å². The van der Waals surface area contributed by atoms with E-state index in [-0.39, 0.29) is 18.1 Å². The van der Waals surface area contributed by atoms with E-state index in [4.69, 9.17) is 9.84 Å². The van der Waals surface area contributed by atoms with Crippen molar-refractivity contribution in [2.75, 3.05) is 0 Å². The molecule has 106 valence electrons. The fourth-order valence-electron chi connectivity index (χ4n) is 1.80. The van der Waals surface area contributed by atoms with Crippen LogP contribution in [0.4, 0.5) is 0 Å². The largest absolute Gasteiger partial charge is 0.481 e. The first-order valence-electron chi connectivity index (χ1n) is 5.89. The van der Waals surface area contributed by atoms with E-state index < -0.39 is 35.8 Å². The van der Waals surface area contributed by atoms with E-state index in [0.29, 0.717) is 0 Å². The van der Waals surface area contributed by atoms with Gasteiger partial charge < -0.3 is 25.2 Å². The number of hydrogen-bond donors (Lipinski definition) is 4. The van der Waals surface area contributed by atoms with Crippen molar-refractivity contribution in [2.24, 2.45) is 0 Å². The highest BCUT2D eigenvalue weighted by Crippen LogP contribution is 2.32. The van der Waals surface area contributed by atoms with Crippen molar-refractivity contribution >= 4 is 17.7 Å². The zero-order chi connectivity index (χ0) is 13.9. The van der Waals surface area contributed by atoms with E-state index in [1.54, 1.807) is 0 Å². The summed E-state index contributed by atoms with van der Waals surface area (Å²) >= 11 is 1.34. The van der Waals surface area contributed by atoms with E-state index in [0.717, 1.165) is 0 Å². The third-order valence-electron chi connectivity index (χ3n) is 2.72. The molecule has 4 N–H and O–H groups in total. The number of ether oxygens (including phenoxy) is 1. The summed E-state index contributed by atoms with van der Waals surface area (Å²) in [6.07, 6.45) is -4.56. The molecule has 1 saturated heterocycles. The van der Waals surface area contributed by atoms with Crippen LogP contribution in [0.3, 0.4) is 0 Å². The highest BCUT2D eigenvalue weighted by molar-refractivity contribution is 8.00. The zero-order valence-corrected chi connectivity index (χ0v) is 11.2.